The molecule has 3 nitrogen and oxygen atoms in total. The predicted octanol–water partition coefficient (Wildman–Crippen LogP) is 4.65. The van der Waals surface area contributed by atoms with E-state index in [1.54, 1.807) is 4.90 Å². The van der Waals surface area contributed by atoms with Crippen molar-refractivity contribution in [3.05, 3.63) is 50.7 Å². The number of amides is 1. The van der Waals surface area contributed by atoms with Crippen LogP contribution in [0.15, 0.2) is 30.3 Å². The molecule has 0 saturated carbocycles. The number of benzene rings is 1. The van der Waals surface area contributed by atoms with Gasteiger partial charge in [0.1, 0.15) is 0 Å². The van der Waals surface area contributed by atoms with Gasteiger partial charge < -0.3 is 4.90 Å². The molecular weight excluding hydrogens is 330 g/mol. The molecular formula is C18H18ClNO2S. The summed E-state index contributed by atoms with van der Waals surface area (Å²) in [6.45, 7) is 2.68. The van der Waals surface area contributed by atoms with E-state index in [1.807, 2.05) is 37.3 Å². The van der Waals surface area contributed by atoms with Gasteiger partial charge in [0.05, 0.1) is 4.88 Å². The lowest BCUT2D eigenvalue weighted by Gasteiger charge is -2.29. The number of ketones is 1. The van der Waals surface area contributed by atoms with Gasteiger partial charge in [-0.2, -0.15) is 0 Å². The van der Waals surface area contributed by atoms with Gasteiger partial charge in [-0.25, -0.2) is 0 Å². The fourth-order valence-corrected chi connectivity index (χ4v) is 3.92. The average Bonchev–Trinajstić information content (AvgIpc) is 2.98. The van der Waals surface area contributed by atoms with E-state index in [9.17, 15) is 9.59 Å². The average molecular weight is 348 g/mol. The largest absolute Gasteiger partial charge is 0.312 e. The van der Waals surface area contributed by atoms with Crippen LogP contribution in [-0.4, -0.2) is 18.2 Å². The van der Waals surface area contributed by atoms with Crippen molar-refractivity contribution in [2.24, 2.45) is 0 Å². The van der Waals surface area contributed by atoms with Gasteiger partial charge in [0.15, 0.2) is 5.78 Å². The number of rotatable bonds is 4. The van der Waals surface area contributed by atoms with Crippen LogP contribution >= 0.6 is 22.9 Å². The first-order valence-electron chi connectivity index (χ1n) is 7.73. The van der Waals surface area contributed by atoms with E-state index in [0.29, 0.717) is 11.6 Å². The lowest BCUT2D eigenvalue weighted by molar-refractivity contribution is -0.118. The first-order valence-corrected chi connectivity index (χ1v) is 8.92. The maximum Gasteiger partial charge on any atom is 0.227 e. The molecule has 0 saturated heterocycles. The van der Waals surface area contributed by atoms with Crippen molar-refractivity contribution < 1.29 is 9.59 Å². The van der Waals surface area contributed by atoms with E-state index < -0.39 is 0 Å². The number of Topliss-reactive ketones (excluding diaryl/α,β-unsaturated/α-hetero) is 1. The molecule has 0 unspecified atom stereocenters. The second-order valence-corrected chi connectivity index (χ2v) is 7.48. The Morgan fingerprint density at radius 3 is 2.78 bits per heavy atom. The molecule has 23 heavy (non-hydrogen) atoms. The summed E-state index contributed by atoms with van der Waals surface area (Å²) in [5.74, 6) is 0.0553. The zero-order valence-corrected chi connectivity index (χ0v) is 14.5. The number of fused-ring (bicyclic) bond motifs is 1. The molecule has 0 radical (unpaired) electrons. The van der Waals surface area contributed by atoms with Crippen LogP contribution in [-0.2, 0) is 11.2 Å². The molecule has 0 spiro atoms. The molecule has 0 N–H and O–H groups in total. The Labute approximate surface area is 144 Å². The highest BCUT2D eigenvalue weighted by Crippen LogP contribution is 2.30. The third-order valence-corrected chi connectivity index (χ3v) is 5.32. The smallest absolute Gasteiger partial charge is 0.227 e. The molecule has 120 valence electrons. The second kappa shape index (κ2) is 6.85. The number of aryl methyl sites for hydroxylation is 2. The maximum atomic E-state index is 12.5. The minimum Gasteiger partial charge on any atom is -0.312 e. The van der Waals surface area contributed by atoms with E-state index in [-0.39, 0.29) is 24.5 Å². The minimum absolute atomic E-state index is 0.00917. The molecule has 1 amide bonds. The summed E-state index contributed by atoms with van der Waals surface area (Å²) in [6.07, 6.45) is 2.38. The summed E-state index contributed by atoms with van der Waals surface area (Å²) in [5, 5.41) is 0.696. The quantitative estimate of drug-likeness (QED) is 0.755. The Bertz CT molecular complexity index is 753. The number of hydrogen-bond donors (Lipinski definition) is 0. The van der Waals surface area contributed by atoms with Crippen LogP contribution in [0.5, 0.6) is 0 Å². The van der Waals surface area contributed by atoms with Crippen molar-refractivity contribution in [3.63, 3.8) is 0 Å². The van der Waals surface area contributed by atoms with Crippen molar-refractivity contribution in [1.29, 1.82) is 0 Å². The van der Waals surface area contributed by atoms with Gasteiger partial charge in [0.2, 0.25) is 5.91 Å². The first-order chi connectivity index (χ1) is 11.0. The lowest BCUT2D eigenvalue weighted by Crippen LogP contribution is -2.35. The monoisotopic (exact) mass is 347 g/mol. The third kappa shape index (κ3) is 3.65. The molecule has 1 aliphatic heterocycles. The zero-order chi connectivity index (χ0) is 16.4. The first kappa shape index (κ1) is 16.2. The van der Waals surface area contributed by atoms with E-state index in [0.717, 1.165) is 33.8 Å². The number of hydrogen-bond acceptors (Lipinski definition) is 3. The Morgan fingerprint density at radius 2 is 2.04 bits per heavy atom. The Balaban J connectivity index is 1.66. The molecule has 0 bridgehead atoms. The molecule has 1 aliphatic rings. The van der Waals surface area contributed by atoms with Gasteiger partial charge in [-0.05, 0) is 55.7 Å². The van der Waals surface area contributed by atoms with Crippen LogP contribution in [0.25, 0.3) is 0 Å². The van der Waals surface area contributed by atoms with E-state index in [2.05, 4.69) is 0 Å². The van der Waals surface area contributed by atoms with Gasteiger partial charge in [-0.1, -0.05) is 11.6 Å². The molecule has 1 aromatic carbocycles. The molecule has 0 atom stereocenters. The van der Waals surface area contributed by atoms with Crippen LogP contribution in [0.3, 0.4) is 0 Å². The van der Waals surface area contributed by atoms with Crippen LogP contribution < -0.4 is 4.90 Å². The second-order valence-electron chi connectivity index (χ2n) is 5.76. The minimum atomic E-state index is 0.00917. The summed E-state index contributed by atoms with van der Waals surface area (Å²) in [5.41, 5.74) is 2.04. The fraction of sp³-hybridized carbons (Fsp3) is 0.333. The normalized spacial score (nSPS) is 13.7. The topological polar surface area (TPSA) is 37.4 Å². The number of anilines is 1. The highest BCUT2D eigenvalue weighted by molar-refractivity contribution is 7.14. The SMILES string of the molecule is Cc1ccc(C(=O)CCC(=O)N2CCCc3cc(Cl)ccc32)s1. The van der Waals surface area contributed by atoms with Gasteiger partial charge in [0, 0.05) is 35.0 Å². The highest BCUT2D eigenvalue weighted by atomic mass is 35.5. The summed E-state index contributed by atoms with van der Waals surface area (Å²) in [6, 6.07) is 9.41. The van der Waals surface area contributed by atoms with Crippen LogP contribution in [0.4, 0.5) is 5.69 Å². The number of carbonyl (C=O) groups is 2. The summed E-state index contributed by atoms with van der Waals surface area (Å²) >= 11 is 7.51. The molecule has 2 aromatic rings. The number of carbonyl (C=O) groups excluding carboxylic acids is 2. The number of halogens is 1. The van der Waals surface area contributed by atoms with Crippen molar-refractivity contribution >= 4 is 40.3 Å². The predicted molar refractivity (Wildman–Crippen MR) is 94.7 cm³/mol. The lowest BCUT2D eigenvalue weighted by atomic mass is 10.0. The maximum absolute atomic E-state index is 12.5. The molecule has 0 fully saturated rings. The highest BCUT2D eigenvalue weighted by Gasteiger charge is 2.23. The molecule has 3 rings (SSSR count). The summed E-state index contributed by atoms with van der Waals surface area (Å²) in [4.78, 5) is 28.3. The van der Waals surface area contributed by atoms with Gasteiger partial charge in [0.25, 0.3) is 0 Å². The fourth-order valence-electron chi connectivity index (χ4n) is 2.89. The van der Waals surface area contributed by atoms with Gasteiger partial charge >= 0.3 is 0 Å². The molecule has 2 heterocycles. The number of thiophene rings is 1. The summed E-state index contributed by atoms with van der Waals surface area (Å²) in [7, 11) is 0. The molecule has 5 heteroatoms. The van der Waals surface area contributed by atoms with Gasteiger partial charge in [-0.15, -0.1) is 11.3 Å². The standard InChI is InChI=1S/C18H18ClNO2S/c1-12-4-8-17(23-12)16(21)7-9-18(22)20-10-2-3-13-11-14(19)5-6-15(13)20/h4-6,8,11H,2-3,7,9-10H2,1H3. The van der Waals surface area contributed by atoms with Crippen LogP contribution in [0.1, 0.15) is 39.4 Å². The molecule has 0 aliphatic carbocycles. The van der Waals surface area contributed by atoms with E-state index >= 15 is 0 Å². The van der Waals surface area contributed by atoms with Crippen LogP contribution in [0, 0.1) is 6.92 Å². The summed E-state index contributed by atoms with van der Waals surface area (Å²) < 4.78 is 0. The van der Waals surface area contributed by atoms with Crippen molar-refractivity contribution in [2.45, 2.75) is 32.6 Å². The Hall–Kier alpha value is -1.65. The van der Waals surface area contributed by atoms with Crippen LogP contribution in [0.2, 0.25) is 5.02 Å². The Morgan fingerprint density at radius 1 is 1.22 bits per heavy atom. The van der Waals surface area contributed by atoms with Crippen molar-refractivity contribution in [2.75, 3.05) is 11.4 Å². The third-order valence-electron chi connectivity index (χ3n) is 4.04. The number of nitrogens with zero attached hydrogens (tertiary/aromatic N) is 1. The van der Waals surface area contributed by atoms with E-state index in [1.165, 1.54) is 11.3 Å². The molecule has 1 aromatic heterocycles. The zero-order valence-electron chi connectivity index (χ0n) is 13.0. The Kier molecular flexibility index (Phi) is 4.83. The van der Waals surface area contributed by atoms with Gasteiger partial charge in [-0.3, -0.25) is 9.59 Å². The van der Waals surface area contributed by atoms with Crippen molar-refractivity contribution in [3.8, 4) is 0 Å². The van der Waals surface area contributed by atoms with E-state index in [4.69, 9.17) is 11.6 Å². The van der Waals surface area contributed by atoms with Crippen molar-refractivity contribution in [1.82, 2.24) is 0 Å².